The maximum Gasteiger partial charge on any atom is 0.275 e. The average molecular weight is 491 g/mol. The highest BCUT2D eigenvalue weighted by molar-refractivity contribution is 5.77. The van der Waals surface area contributed by atoms with Crippen molar-refractivity contribution >= 4 is 17.5 Å². The van der Waals surface area contributed by atoms with Crippen LogP contribution in [-0.4, -0.2) is 52.6 Å². The molecular formula is C29H38N4O3. The Morgan fingerprint density at radius 3 is 2.69 bits per heavy atom. The number of nitrogens with one attached hydrogen (secondary N) is 1. The molecule has 192 valence electrons. The lowest BCUT2D eigenvalue weighted by Gasteiger charge is -2.25. The highest BCUT2D eigenvalue weighted by Crippen LogP contribution is 2.24. The van der Waals surface area contributed by atoms with Gasteiger partial charge >= 0.3 is 0 Å². The minimum atomic E-state index is -0.195. The van der Waals surface area contributed by atoms with Crippen molar-refractivity contribution in [1.82, 2.24) is 19.2 Å². The summed E-state index contributed by atoms with van der Waals surface area (Å²) in [6.45, 7) is 7.37. The topological polar surface area (TPSA) is 68.0 Å². The van der Waals surface area contributed by atoms with E-state index in [1.165, 1.54) is 32.4 Å². The van der Waals surface area contributed by atoms with Crippen molar-refractivity contribution in [2.24, 2.45) is 0 Å². The van der Waals surface area contributed by atoms with Crippen molar-refractivity contribution in [1.29, 1.82) is 0 Å². The average Bonchev–Trinajstić information content (AvgIpc) is 3.29. The van der Waals surface area contributed by atoms with Gasteiger partial charge in [0, 0.05) is 24.0 Å². The van der Waals surface area contributed by atoms with Crippen LogP contribution in [0.4, 0.5) is 0 Å². The van der Waals surface area contributed by atoms with E-state index in [1.54, 1.807) is 11.7 Å². The number of nitrogens with zero attached hydrogens (tertiary/aromatic N) is 3. The number of benzene rings is 1. The first kappa shape index (κ1) is 25.8. The Balaban J connectivity index is 1.59. The minimum absolute atomic E-state index is 0.00263. The third kappa shape index (κ3) is 6.46. The number of methoxy groups -OCH3 is 1. The van der Waals surface area contributed by atoms with E-state index in [1.807, 2.05) is 61.0 Å². The van der Waals surface area contributed by atoms with Crippen molar-refractivity contribution in [2.75, 3.05) is 26.7 Å². The molecule has 4 rings (SSSR count). The van der Waals surface area contributed by atoms with Crippen LogP contribution >= 0.6 is 0 Å². The molecule has 7 heteroatoms. The van der Waals surface area contributed by atoms with E-state index >= 15 is 0 Å². The van der Waals surface area contributed by atoms with Crippen LogP contribution in [0.5, 0.6) is 5.75 Å². The highest BCUT2D eigenvalue weighted by Gasteiger charge is 2.16. The lowest BCUT2D eigenvalue weighted by Crippen LogP contribution is -2.36. The number of amides is 1. The molecule has 1 amide bonds. The molecule has 3 heterocycles. The standard InChI is InChI=1S/C29H38N4O3/c1-22(2)30-28(34)21-33-27(24-12-10-13-25(18-24)36-3)20-32-19-23(17-26(32)29(33)35)11-6-4-7-14-31-15-8-5-9-16-31/h6,10-13,17-20,22H,4-5,7-9,14-16,21H2,1-3H3,(H,30,34)/b11-6+. The number of carbonyl (C=O) groups is 1. The normalized spacial score (nSPS) is 14.7. The highest BCUT2D eigenvalue weighted by atomic mass is 16.5. The number of allylic oxidation sites excluding steroid dienone is 1. The zero-order valence-electron chi connectivity index (χ0n) is 21.7. The van der Waals surface area contributed by atoms with Crippen LogP contribution < -0.4 is 15.6 Å². The Morgan fingerprint density at radius 2 is 1.94 bits per heavy atom. The minimum Gasteiger partial charge on any atom is -0.497 e. The lowest BCUT2D eigenvalue weighted by molar-refractivity contribution is -0.122. The molecular weight excluding hydrogens is 452 g/mol. The van der Waals surface area contributed by atoms with Crippen LogP contribution in [0.1, 0.15) is 51.5 Å². The van der Waals surface area contributed by atoms with Gasteiger partial charge in [0.15, 0.2) is 0 Å². The molecule has 0 atom stereocenters. The molecule has 7 nitrogen and oxygen atoms in total. The van der Waals surface area contributed by atoms with Gasteiger partial charge in [0.2, 0.25) is 5.91 Å². The van der Waals surface area contributed by atoms with Gasteiger partial charge in [-0.3, -0.25) is 14.2 Å². The molecule has 3 aromatic rings. The first-order valence-corrected chi connectivity index (χ1v) is 13.0. The van der Waals surface area contributed by atoms with E-state index in [0.29, 0.717) is 17.0 Å². The van der Waals surface area contributed by atoms with E-state index in [0.717, 1.165) is 30.5 Å². The van der Waals surface area contributed by atoms with Crippen molar-refractivity contribution in [2.45, 2.75) is 58.5 Å². The summed E-state index contributed by atoms with van der Waals surface area (Å²) in [5, 5.41) is 2.89. The summed E-state index contributed by atoms with van der Waals surface area (Å²) in [6.07, 6.45) is 14.3. The monoisotopic (exact) mass is 490 g/mol. The van der Waals surface area contributed by atoms with Crippen LogP contribution in [0.2, 0.25) is 0 Å². The maximum atomic E-state index is 13.6. The molecule has 0 saturated carbocycles. The summed E-state index contributed by atoms with van der Waals surface area (Å²) in [5.74, 6) is 0.500. The largest absolute Gasteiger partial charge is 0.497 e. The summed E-state index contributed by atoms with van der Waals surface area (Å²) in [7, 11) is 1.61. The van der Waals surface area contributed by atoms with Gasteiger partial charge in [-0.2, -0.15) is 0 Å². The summed E-state index contributed by atoms with van der Waals surface area (Å²) in [6, 6.07) is 9.44. The smallest absolute Gasteiger partial charge is 0.275 e. The number of hydrogen-bond acceptors (Lipinski definition) is 4. The number of aromatic nitrogens is 2. The number of fused-ring (bicyclic) bond motifs is 1. The number of unbranched alkanes of at least 4 members (excludes halogenated alkanes) is 1. The fourth-order valence-corrected chi connectivity index (χ4v) is 4.84. The van der Waals surface area contributed by atoms with E-state index in [4.69, 9.17) is 4.74 Å². The molecule has 2 aromatic heterocycles. The van der Waals surface area contributed by atoms with E-state index in [9.17, 15) is 9.59 Å². The second kappa shape index (κ2) is 12.1. The van der Waals surface area contributed by atoms with Crippen LogP contribution in [0.3, 0.4) is 0 Å². The summed E-state index contributed by atoms with van der Waals surface area (Å²) in [4.78, 5) is 28.7. The second-order valence-electron chi connectivity index (χ2n) is 9.87. The second-order valence-corrected chi connectivity index (χ2v) is 9.87. The molecule has 1 aliphatic rings. The quantitative estimate of drug-likeness (QED) is 0.423. The Kier molecular flexibility index (Phi) is 8.65. The Labute approximate surface area is 213 Å². The van der Waals surface area contributed by atoms with Gasteiger partial charge in [-0.25, -0.2) is 0 Å². The van der Waals surface area contributed by atoms with Crippen LogP contribution in [0, 0.1) is 0 Å². The van der Waals surface area contributed by atoms with E-state index in [-0.39, 0.29) is 24.1 Å². The van der Waals surface area contributed by atoms with Crippen molar-refractivity contribution < 1.29 is 9.53 Å². The first-order chi connectivity index (χ1) is 17.4. The Hall–Kier alpha value is -3.32. The predicted molar refractivity (Wildman–Crippen MR) is 145 cm³/mol. The van der Waals surface area contributed by atoms with Crippen molar-refractivity contribution in [3.05, 3.63) is 64.7 Å². The third-order valence-electron chi connectivity index (χ3n) is 6.61. The fraction of sp³-hybridized carbons (Fsp3) is 0.448. The number of piperidine rings is 1. The molecule has 1 fully saturated rings. The molecule has 1 saturated heterocycles. The molecule has 0 aliphatic carbocycles. The zero-order chi connectivity index (χ0) is 25.5. The van der Waals surface area contributed by atoms with Gasteiger partial charge < -0.3 is 19.4 Å². The number of hydrogen-bond donors (Lipinski definition) is 1. The first-order valence-electron chi connectivity index (χ1n) is 13.0. The number of ether oxygens (including phenoxy) is 1. The van der Waals surface area contributed by atoms with Crippen LogP contribution in [0.25, 0.3) is 22.9 Å². The summed E-state index contributed by atoms with van der Waals surface area (Å²) < 4.78 is 8.80. The molecule has 1 aliphatic heterocycles. The van der Waals surface area contributed by atoms with Gasteiger partial charge in [0.1, 0.15) is 17.8 Å². The molecule has 0 radical (unpaired) electrons. The maximum absolute atomic E-state index is 13.6. The molecule has 0 spiro atoms. The third-order valence-corrected chi connectivity index (χ3v) is 6.61. The number of carbonyl (C=O) groups excluding carboxylic acids is 1. The zero-order valence-corrected chi connectivity index (χ0v) is 21.7. The van der Waals surface area contributed by atoms with Gasteiger partial charge in [0.25, 0.3) is 5.56 Å². The van der Waals surface area contributed by atoms with E-state index < -0.39 is 0 Å². The Bertz CT molecular complexity index is 1270. The van der Waals surface area contributed by atoms with Gasteiger partial charge in [-0.15, -0.1) is 0 Å². The molecule has 36 heavy (non-hydrogen) atoms. The SMILES string of the molecule is COc1cccc(-c2cn3cc(/C=C/CCCN4CCCCC4)cc3c(=O)n2CC(=O)NC(C)C)c1. The van der Waals surface area contributed by atoms with Crippen molar-refractivity contribution in [3.63, 3.8) is 0 Å². The van der Waals surface area contributed by atoms with Crippen LogP contribution in [-0.2, 0) is 11.3 Å². The van der Waals surface area contributed by atoms with E-state index in [2.05, 4.69) is 22.4 Å². The van der Waals surface area contributed by atoms with Gasteiger partial charge in [-0.1, -0.05) is 30.7 Å². The van der Waals surface area contributed by atoms with Gasteiger partial charge in [0.05, 0.1) is 12.8 Å². The fourth-order valence-electron chi connectivity index (χ4n) is 4.84. The van der Waals surface area contributed by atoms with Crippen LogP contribution in [0.15, 0.2) is 53.6 Å². The molecule has 0 bridgehead atoms. The van der Waals surface area contributed by atoms with Crippen molar-refractivity contribution in [3.8, 4) is 17.0 Å². The summed E-state index contributed by atoms with van der Waals surface area (Å²) in [5.41, 5.74) is 2.81. The lowest BCUT2D eigenvalue weighted by atomic mass is 10.1. The predicted octanol–water partition coefficient (Wildman–Crippen LogP) is 4.58. The molecule has 1 aromatic carbocycles. The summed E-state index contributed by atoms with van der Waals surface area (Å²) >= 11 is 0. The molecule has 1 N–H and O–H groups in total. The Morgan fingerprint density at radius 1 is 1.14 bits per heavy atom. The molecule has 0 unspecified atom stereocenters. The van der Waals surface area contributed by atoms with Gasteiger partial charge in [-0.05, 0) is 82.9 Å². The number of rotatable bonds is 10. The number of likely N-dealkylation sites (tertiary alicyclic amines) is 1.